The number of benzene rings is 2. The molecule has 2 rings (SSSR count). The third kappa shape index (κ3) is 4.23. The van der Waals surface area contributed by atoms with Gasteiger partial charge in [0.25, 0.3) is 0 Å². The van der Waals surface area contributed by atoms with Crippen molar-refractivity contribution in [2.45, 2.75) is 0 Å². The summed E-state index contributed by atoms with van der Waals surface area (Å²) in [6.45, 7) is 0.0409. The summed E-state index contributed by atoms with van der Waals surface area (Å²) < 4.78 is 15.6. The Labute approximate surface area is 145 Å². The molecule has 2 aromatic rings. The molecule has 1 amide bonds. The number of hydrogen-bond acceptors (Lipinski definition) is 5. The summed E-state index contributed by atoms with van der Waals surface area (Å²) in [5.74, 6) is 1.38. The number of ether oxygens (including phenoxy) is 3. The number of methoxy groups -OCH3 is 3. The van der Waals surface area contributed by atoms with Crippen molar-refractivity contribution in [1.29, 1.82) is 0 Å². The normalized spacial score (nSPS) is 10.0. The van der Waals surface area contributed by atoms with Crippen molar-refractivity contribution in [2.24, 2.45) is 0 Å². The maximum absolute atomic E-state index is 12.1. The second-order valence-electron chi connectivity index (χ2n) is 4.79. The van der Waals surface area contributed by atoms with Crippen LogP contribution in [0.3, 0.4) is 0 Å². The summed E-state index contributed by atoms with van der Waals surface area (Å²) in [6.07, 6.45) is 0. The lowest BCUT2D eigenvalue weighted by molar-refractivity contribution is -0.114. The predicted molar refractivity (Wildman–Crippen MR) is 94.7 cm³/mol. The number of halogens is 1. The van der Waals surface area contributed by atoms with Crippen molar-refractivity contribution in [3.63, 3.8) is 0 Å². The highest BCUT2D eigenvalue weighted by Crippen LogP contribution is 2.35. The molecule has 128 valence electrons. The van der Waals surface area contributed by atoms with E-state index < -0.39 is 0 Å². The van der Waals surface area contributed by atoms with Crippen LogP contribution in [0.4, 0.5) is 11.4 Å². The highest BCUT2D eigenvalue weighted by Gasteiger charge is 2.12. The molecule has 0 aliphatic heterocycles. The Hall–Kier alpha value is -2.60. The minimum absolute atomic E-state index is 0.0409. The molecule has 6 nitrogen and oxygen atoms in total. The highest BCUT2D eigenvalue weighted by molar-refractivity contribution is 6.32. The third-order valence-corrected chi connectivity index (χ3v) is 3.59. The zero-order valence-corrected chi connectivity index (χ0v) is 14.4. The standard InChI is InChI=1S/C17H19ClN2O4/c1-22-14-7-5-4-6-12(14)20-17(21)10-19-13-9-15(23-2)11(18)8-16(13)24-3/h4-9,19H,10H2,1-3H3,(H,20,21). The van der Waals surface area contributed by atoms with Gasteiger partial charge in [0.15, 0.2) is 0 Å². The van der Waals surface area contributed by atoms with Crippen molar-refractivity contribution in [3.05, 3.63) is 41.4 Å². The van der Waals surface area contributed by atoms with E-state index in [0.717, 1.165) is 0 Å². The minimum Gasteiger partial charge on any atom is -0.495 e. The molecule has 0 radical (unpaired) electrons. The van der Waals surface area contributed by atoms with Crippen LogP contribution >= 0.6 is 11.6 Å². The zero-order valence-electron chi connectivity index (χ0n) is 13.7. The van der Waals surface area contributed by atoms with Gasteiger partial charge in [0.2, 0.25) is 5.91 Å². The van der Waals surface area contributed by atoms with E-state index in [1.807, 2.05) is 12.1 Å². The number of carbonyl (C=O) groups is 1. The van der Waals surface area contributed by atoms with Gasteiger partial charge in [0.05, 0.1) is 44.3 Å². The van der Waals surface area contributed by atoms with Crippen molar-refractivity contribution in [2.75, 3.05) is 38.5 Å². The SMILES string of the molecule is COc1cc(NCC(=O)Nc2ccccc2OC)c(OC)cc1Cl. The molecule has 0 spiro atoms. The predicted octanol–water partition coefficient (Wildman–Crippen LogP) is 3.42. The number of amides is 1. The fourth-order valence-electron chi connectivity index (χ4n) is 2.12. The summed E-state index contributed by atoms with van der Waals surface area (Å²) in [5, 5.41) is 6.22. The topological polar surface area (TPSA) is 68.8 Å². The molecule has 2 aromatic carbocycles. The van der Waals surface area contributed by atoms with E-state index in [4.69, 9.17) is 25.8 Å². The summed E-state index contributed by atoms with van der Waals surface area (Å²) in [5.41, 5.74) is 1.21. The van der Waals surface area contributed by atoms with Gasteiger partial charge in [0, 0.05) is 12.1 Å². The Kier molecular flexibility index (Phi) is 6.14. The number of carbonyl (C=O) groups excluding carboxylic acids is 1. The van der Waals surface area contributed by atoms with Gasteiger partial charge < -0.3 is 24.8 Å². The molecule has 0 fully saturated rings. The van der Waals surface area contributed by atoms with E-state index in [-0.39, 0.29) is 12.5 Å². The lowest BCUT2D eigenvalue weighted by Gasteiger charge is -2.14. The van der Waals surface area contributed by atoms with Crippen molar-refractivity contribution in [1.82, 2.24) is 0 Å². The van der Waals surface area contributed by atoms with Gasteiger partial charge in [-0.1, -0.05) is 23.7 Å². The molecule has 0 aliphatic rings. The average Bonchev–Trinajstić information content (AvgIpc) is 2.60. The Morgan fingerprint density at radius 2 is 1.62 bits per heavy atom. The fourth-order valence-corrected chi connectivity index (χ4v) is 2.35. The lowest BCUT2D eigenvalue weighted by Crippen LogP contribution is -2.22. The quantitative estimate of drug-likeness (QED) is 0.800. The van der Waals surface area contributed by atoms with Crippen LogP contribution in [0.5, 0.6) is 17.2 Å². The van der Waals surface area contributed by atoms with Crippen LogP contribution in [0.2, 0.25) is 5.02 Å². The van der Waals surface area contributed by atoms with E-state index >= 15 is 0 Å². The molecule has 0 saturated carbocycles. The molecule has 7 heteroatoms. The average molecular weight is 351 g/mol. The van der Waals surface area contributed by atoms with Gasteiger partial charge in [-0.3, -0.25) is 4.79 Å². The molecular weight excluding hydrogens is 332 g/mol. The minimum atomic E-state index is -0.226. The number of para-hydroxylation sites is 2. The largest absolute Gasteiger partial charge is 0.495 e. The molecule has 0 unspecified atom stereocenters. The van der Waals surface area contributed by atoms with E-state index in [9.17, 15) is 4.79 Å². The van der Waals surface area contributed by atoms with Gasteiger partial charge in [-0.25, -0.2) is 0 Å². The Bertz CT molecular complexity index is 722. The zero-order chi connectivity index (χ0) is 17.5. The number of hydrogen-bond donors (Lipinski definition) is 2. The first-order chi connectivity index (χ1) is 11.6. The van der Waals surface area contributed by atoms with Crippen LogP contribution in [-0.4, -0.2) is 33.8 Å². The van der Waals surface area contributed by atoms with Crippen LogP contribution in [0.1, 0.15) is 0 Å². The van der Waals surface area contributed by atoms with Gasteiger partial charge in [0.1, 0.15) is 17.2 Å². The molecular formula is C17H19ClN2O4. The third-order valence-electron chi connectivity index (χ3n) is 3.29. The molecule has 0 aliphatic carbocycles. The van der Waals surface area contributed by atoms with Crippen LogP contribution in [-0.2, 0) is 4.79 Å². The maximum Gasteiger partial charge on any atom is 0.243 e. The molecule has 2 N–H and O–H groups in total. The molecule has 0 bridgehead atoms. The summed E-state index contributed by atoms with van der Waals surface area (Å²) in [7, 11) is 4.60. The lowest BCUT2D eigenvalue weighted by atomic mass is 10.2. The fraction of sp³-hybridized carbons (Fsp3) is 0.235. The Morgan fingerprint density at radius 1 is 0.958 bits per heavy atom. The second-order valence-corrected chi connectivity index (χ2v) is 5.20. The van der Waals surface area contributed by atoms with Crippen molar-refractivity contribution in [3.8, 4) is 17.2 Å². The highest BCUT2D eigenvalue weighted by atomic mass is 35.5. The number of anilines is 2. The first-order valence-corrected chi connectivity index (χ1v) is 7.55. The van der Waals surface area contributed by atoms with Gasteiger partial charge in [-0.05, 0) is 12.1 Å². The summed E-state index contributed by atoms with van der Waals surface area (Å²) in [6, 6.07) is 10.5. The number of nitrogens with one attached hydrogen (secondary N) is 2. The van der Waals surface area contributed by atoms with Gasteiger partial charge in [-0.2, -0.15) is 0 Å². The van der Waals surface area contributed by atoms with E-state index in [1.54, 1.807) is 31.4 Å². The summed E-state index contributed by atoms with van der Waals surface area (Å²) in [4.78, 5) is 12.1. The first-order valence-electron chi connectivity index (χ1n) is 7.17. The van der Waals surface area contributed by atoms with Crippen molar-refractivity contribution >= 4 is 28.9 Å². The molecule has 0 saturated heterocycles. The van der Waals surface area contributed by atoms with Crippen LogP contribution in [0.25, 0.3) is 0 Å². The first kappa shape index (κ1) is 17.7. The van der Waals surface area contributed by atoms with Crippen LogP contribution < -0.4 is 24.8 Å². The van der Waals surface area contributed by atoms with E-state index in [1.165, 1.54) is 14.2 Å². The van der Waals surface area contributed by atoms with Crippen LogP contribution in [0, 0.1) is 0 Å². The van der Waals surface area contributed by atoms with E-state index in [0.29, 0.717) is 33.6 Å². The van der Waals surface area contributed by atoms with Crippen LogP contribution in [0.15, 0.2) is 36.4 Å². The Balaban J connectivity index is 2.06. The smallest absolute Gasteiger partial charge is 0.243 e. The summed E-state index contributed by atoms with van der Waals surface area (Å²) >= 11 is 6.06. The van der Waals surface area contributed by atoms with E-state index in [2.05, 4.69) is 10.6 Å². The second kappa shape index (κ2) is 8.31. The molecule has 0 atom stereocenters. The van der Waals surface area contributed by atoms with Gasteiger partial charge >= 0.3 is 0 Å². The Morgan fingerprint density at radius 3 is 2.29 bits per heavy atom. The molecule has 24 heavy (non-hydrogen) atoms. The van der Waals surface area contributed by atoms with Gasteiger partial charge in [-0.15, -0.1) is 0 Å². The molecule has 0 aromatic heterocycles. The van der Waals surface area contributed by atoms with Crippen molar-refractivity contribution < 1.29 is 19.0 Å². The molecule has 0 heterocycles. The maximum atomic E-state index is 12.1. The monoisotopic (exact) mass is 350 g/mol. The number of rotatable bonds is 7.